The van der Waals surface area contributed by atoms with E-state index in [0.717, 1.165) is 43.2 Å². The number of aliphatic carboxylic acids is 1. The van der Waals surface area contributed by atoms with Crippen LogP contribution in [0.4, 0.5) is 0 Å². The number of carboxylic acids is 1. The topological polar surface area (TPSA) is 157 Å². The number of hydrogen-bond acceptors (Lipinski definition) is 8. The minimum Gasteiger partial charge on any atom is -0.481 e. The van der Waals surface area contributed by atoms with E-state index in [4.69, 9.17) is 14.2 Å². The van der Waals surface area contributed by atoms with Crippen LogP contribution in [0, 0.1) is 11.8 Å². The van der Waals surface area contributed by atoms with Gasteiger partial charge in [-0.3, -0.25) is 14.4 Å². The van der Waals surface area contributed by atoms with Crippen molar-refractivity contribution in [1.82, 2.24) is 10.6 Å². The first kappa shape index (κ1) is 37.6. The Balaban J connectivity index is 1.45. The summed E-state index contributed by atoms with van der Waals surface area (Å²) < 4.78 is 16.6. The van der Waals surface area contributed by atoms with Crippen molar-refractivity contribution in [2.45, 2.75) is 83.6 Å². The predicted molar refractivity (Wildman–Crippen MR) is 185 cm³/mol. The number of carbonyl (C=O) groups is 5. The minimum atomic E-state index is -1.70. The van der Waals surface area contributed by atoms with Gasteiger partial charge in [-0.1, -0.05) is 105 Å². The number of esters is 2. The van der Waals surface area contributed by atoms with Crippen LogP contribution in [0.15, 0.2) is 84.9 Å². The van der Waals surface area contributed by atoms with E-state index in [1.165, 1.54) is 0 Å². The van der Waals surface area contributed by atoms with Crippen LogP contribution in [0.5, 0.6) is 5.75 Å². The number of carbonyl (C=O) groups excluding carboxylic acids is 4. The third kappa shape index (κ3) is 11.7. The largest absolute Gasteiger partial charge is 0.481 e. The van der Waals surface area contributed by atoms with Crippen molar-refractivity contribution < 1.29 is 43.3 Å². The van der Waals surface area contributed by atoms with Crippen LogP contribution in [-0.2, 0) is 53.1 Å². The summed E-state index contributed by atoms with van der Waals surface area (Å²) in [6.45, 7) is 2.39. The Morgan fingerprint density at radius 2 is 1.30 bits per heavy atom. The highest BCUT2D eigenvalue weighted by Crippen LogP contribution is 2.30. The zero-order valence-corrected chi connectivity index (χ0v) is 28.4. The third-order valence-electron chi connectivity index (χ3n) is 8.63. The van der Waals surface area contributed by atoms with Gasteiger partial charge in [0.25, 0.3) is 6.10 Å². The molecular formula is C39H46N2O9. The van der Waals surface area contributed by atoms with Gasteiger partial charge in [0.2, 0.25) is 11.8 Å². The number of nitrogens with one attached hydrogen (secondary N) is 2. The summed E-state index contributed by atoms with van der Waals surface area (Å²) in [6.07, 6.45) is 3.50. The maximum absolute atomic E-state index is 13.3. The molecule has 0 unspecified atom stereocenters. The van der Waals surface area contributed by atoms with Gasteiger partial charge in [-0.15, -0.1) is 0 Å². The van der Waals surface area contributed by atoms with E-state index in [1.807, 2.05) is 36.4 Å². The molecule has 11 heteroatoms. The Bertz CT molecular complexity index is 1490. The molecule has 11 nitrogen and oxygen atoms in total. The van der Waals surface area contributed by atoms with Crippen molar-refractivity contribution >= 4 is 29.7 Å². The normalized spacial score (nSPS) is 16.1. The molecule has 266 valence electrons. The molecule has 0 bridgehead atoms. The Labute approximate surface area is 292 Å². The minimum absolute atomic E-state index is 0.0634. The molecule has 1 aliphatic carbocycles. The molecule has 0 aromatic heterocycles. The van der Waals surface area contributed by atoms with Crippen molar-refractivity contribution in [3.05, 3.63) is 102 Å². The van der Waals surface area contributed by atoms with Gasteiger partial charge in [0, 0.05) is 13.0 Å². The highest BCUT2D eigenvalue weighted by atomic mass is 16.6. The fourth-order valence-corrected chi connectivity index (χ4v) is 5.82. The van der Waals surface area contributed by atoms with E-state index in [0.29, 0.717) is 24.9 Å². The molecule has 1 saturated carbocycles. The first-order valence-electron chi connectivity index (χ1n) is 17.2. The number of ether oxygens (including phenoxy) is 3. The molecule has 3 N–H and O–H groups in total. The lowest BCUT2D eigenvalue weighted by Gasteiger charge is -2.29. The molecule has 0 saturated heterocycles. The SMILES string of the molecule is CCCCCNC(=O)[C@H](Cc1ccc(OC(C(=O)OCc2ccccc2)C(=O)OCc2ccccc2)cc1)NC(=O)[C@@H]1CCCC[C@H]1C(=O)O. The summed E-state index contributed by atoms with van der Waals surface area (Å²) in [4.78, 5) is 64.7. The summed E-state index contributed by atoms with van der Waals surface area (Å²) in [5, 5.41) is 15.4. The average Bonchev–Trinajstić information content (AvgIpc) is 3.14. The molecule has 50 heavy (non-hydrogen) atoms. The first-order chi connectivity index (χ1) is 24.2. The number of rotatable bonds is 18. The number of amides is 2. The third-order valence-corrected chi connectivity index (χ3v) is 8.63. The second kappa shape index (κ2) is 19.7. The van der Waals surface area contributed by atoms with E-state index >= 15 is 0 Å². The van der Waals surface area contributed by atoms with Crippen molar-refractivity contribution in [2.75, 3.05) is 6.54 Å². The van der Waals surface area contributed by atoms with Crippen LogP contribution in [-0.4, -0.2) is 53.5 Å². The Kier molecular flexibility index (Phi) is 14.8. The van der Waals surface area contributed by atoms with Crippen LogP contribution >= 0.6 is 0 Å². The van der Waals surface area contributed by atoms with Gasteiger partial charge in [0.05, 0.1) is 11.8 Å². The Morgan fingerprint density at radius 3 is 1.84 bits per heavy atom. The maximum atomic E-state index is 13.3. The quantitative estimate of drug-likeness (QED) is 0.0936. The van der Waals surface area contributed by atoms with Crippen LogP contribution < -0.4 is 15.4 Å². The molecule has 3 aromatic rings. The first-order valence-corrected chi connectivity index (χ1v) is 17.2. The highest BCUT2D eigenvalue weighted by Gasteiger charge is 2.37. The summed E-state index contributed by atoms with van der Waals surface area (Å²) in [7, 11) is 0. The van der Waals surface area contributed by atoms with E-state index in [1.54, 1.807) is 48.5 Å². The van der Waals surface area contributed by atoms with Crippen LogP contribution in [0.1, 0.15) is 68.6 Å². The van der Waals surface area contributed by atoms with E-state index in [-0.39, 0.29) is 31.3 Å². The molecule has 2 amide bonds. The van der Waals surface area contributed by atoms with Gasteiger partial charge in [0.15, 0.2) is 0 Å². The zero-order valence-electron chi connectivity index (χ0n) is 28.4. The van der Waals surface area contributed by atoms with Gasteiger partial charge in [-0.05, 0) is 48.1 Å². The lowest BCUT2D eigenvalue weighted by molar-refractivity contribution is -0.168. The molecule has 0 spiro atoms. The second-order valence-corrected chi connectivity index (χ2v) is 12.4. The van der Waals surface area contributed by atoms with E-state index in [2.05, 4.69) is 17.6 Å². The van der Waals surface area contributed by atoms with Crippen LogP contribution in [0.25, 0.3) is 0 Å². The zero-order chi connectivity index (χ0) is 35.7. The van der Waals surface area contributed by atoms with Gasteiger partial charge >= 0.3 is 17.9 Å². The van der Waals surface area contributed by atoms with Crippen LogP contribution in [0.2, 0.25) is 0 Å². The predicted octanol–water partition coefficient (Wildman–Crippen LogP) is 5.15. The summed E-state index contributed by atoms with van der Waals surface area (Å²) >= 11 is 0. The fraction of sp³-hybridized carbons (Fsp3) is 0.410. The highest BCUT2D eigenvalue weighted by molar-refractivity contribution is 5.98. The van der Waals surface area contributed by atoms with Gasteiger partial charge in [-0.2, -0.15) is 0 Å². The molecule has 3 aromatic carbocycles. The molecule has 3 atom stereocenters. The molecular weight excluding hydrogens is 640 g/mol. The van der Waals surface area contributed by atoms with Crippen molar-refractivity contribution in [1.29, 1.82) is 0 Å². The second-order valence-electron chi connectivity index (χ2n) is 12.4. The number of carboxylic acid groups (broad SMARTS) is 1. The van der Waals surface area contributed by atoms with E-state index < -0.39 is 47.8 Å². The van der Waals surface area contributed by atoms with Crippen LogP contribution in [0.3, 0.4) is 0 Å². The summed E-state index contributed by atoms with van der Waals surface area (Å²) in [5.41, 5.74) is 2.14. The Morgan fingerprint density at radius 1 is 0.740 bits per heavy atom. The number of unbranched alkanes of at least 4 members (excludes halogenated alkanes) is 2. The summed E-state index contributed by atoms with van der Waals surface area (Å²) in [5.74, 6) is -4.97. The lowest BCUT2D eigenvalue weighted by Crippen LogP contribution is -2.51. The molecule has 0 aliphatic heterocycles. The maximum Gasteiger partial charge on any atom is 0.359 e. The van der Waals surface area contributed by atoms with Crippen molar-refractivity contribution in [2.24, 2.45) is 11.8 Å². The van der Waals surface area contributed by atoms with Gasteiger partial charge in [0.1, 0.15) is 25.0 Å². The van der Waals surface area contributed by atoms with Crippen molar-refractivity contribution in [3.8, 4) is 5.75 Å². The van der Waals surface area contributed by atoms with Crippen molar-refractivity contribution in [3.63, 3.8) is 0 Å². The molecule has 1 aliphatic rings. The van der Waals surface area contributed by atoms with Gasteiger partial charge < -0.3 is 30.0 Å². The lowest BCUT2D eigenvalue weighted by atomic mass is 9.78. The van der Waals surface area contributed by atoms with E-state index in [9.17, 15) is 29.1 Å². The molecule has 0 heterocycles. The standard InChI is InChI=1S/C39H46N2O9/c1-2-3-12-23-40-36(43)33(41-35(42)31-17-10-11-18-32(31)37(44)45)24-27-19-21-30(22-20-27)50-34(38(46)48-25-28-13-6-4-7-14-28)39(47)49-26-29-15-8-5-9-16-29/h4-9,13-16,19-22,31-34H,2-3,10-12,17-18,23-26H2,1H3,(H,40,43)(H,41,42)(H,44,45)/t31-,32-,33+/m1/s1. The smallest absolute Gasteiger partial charge is 0.359 e. The Hall–Kier alpha value is -5.19. The number of benzene rings is 3. The molecule has 0 radical (unpaired) electrons. The number of hydrogen-bond donors (Lipinski definition) is 3. The molecule has 1 fully saturated rings. The molecule has 4 rings (SSSR count). The van der Waals surface area contributed by atoms with Gasteiger partial charge in [-0.25, -0.2) is 9.59 Å². The fourth-order valence-electron chi connectivity index (χ4n) is 5.82. The monoisotopic (exact) mass is 686 g/mol. The summed E-state index contributed by atoms with van der Waals surface area (Å²) in [6, 6.07) is 23.6. The average molecular weight is 687 g/mol.